The summed E-state index contributed by atoms with van der Waals surface area (Å²) in [6.45, 7) is 0. The van der Waals surface area contributed by atoms with E-state index in [1.807, 2.05) is 0 Å². The van der Waals surface area contributed by atoms with Gasteiger partial charge >= 0.3 is 0 Å². The lowest BCUT2D eigenvalue weighted by atomic mass is 9.96. The first-order valence-corrected chi connectivity index (χ1v) is 6.50. The second kappa shape index (κ2) is 5.36. The Bertz CT molecular complexity index is 533. The highest BCUT2D eigenvalue weighted by Crippen LogP contribution is 2.30. The van der Waals surface area contributed by atoms with Gasteiger partial charge in [-0.2, -0.15) is 0 Å². The summed E-state index contributed by atoms with van der Waals surface area (Å²) >= 11 is 3.53. The molecule has 1 amide bonds. The zero-order valence-corrected chi connectivity index (χ0v) is 11.1. The average molecular weight is 295 g/mol. The first-order valence-electron chi connectivity index (χ1n) is 5.70. The molecule has 17 heavy (non-hydrogen) atoms. The predicted octanol–water partition coefficient (Wildman–Crippen LogP) is 2.91. The fraction of sp³-hybridized carbons (Fsp3) is 0.308. The van der Waals surface area contributed by atoms with Crippen molar-refractivity contribution in [3.05, 3.63) is 33.9 Å². The zero-order chi connectivity index (χ0) is 12.3. The van der Waals surface area contributed by atoms with Crippen molar-refractivity contribution in [3.63, 3.8) is 0 Å². The number of carbonyl (C=O) groups is 1. The van der Waals surface area contributed by atoms with E-state index in [9.17, 15) is 0 Å². The number of H-pyrrole nitrogens is 1. The Kier molecular flexibility index (Phi) is 3.84. The number of aryl methyl sites for hydroxylation is 2. The average Bonchev–Trinajstić information content (AvgIpc) is 2.68. The van der Waals surface area contributed by atoms with Gasteiger partial charge in [-0.25, -0.2) is 0 Å². The molecule has 2 aromatic rings. The van der Waals surface area contributed by atoms with E-state index in [0.29, 0.717) is 0 Å². The number of nitrogens with one attached hydrogen (secondary N) is 1. The Morgan fingerprint density at radius 3 is 2.76 bits per heavy atom. The molecule has 0 saturated carbocycles. The Labute approximate surface area is 109 Å². The van der Waals surface area contributed by atoms with E-state index < -0.39 is 0 Å². The molecule has 1 heterocycles. The summed E-state index contributed by atoms with van der Waals surface area (Å²) in [5, 5.41) is 1.41. The lowest BCUT2D eigenvalue weighted by molar-refractivity contribution is -0.106. The number of hydrogen-bond acceptors (Lipinski definition) is 1. The number of hydrogen-bond donors (Lipinski definition) is 2. The summed E-state index contributed by atoms with van der Waals surface area (Å²) in [7, 11) is 0. The third-order valence-electron chi connectivity index (χ3n) is 3.06. The highest BCUT2D eigenvalue weighted by Gasteiger charge is 2.14. The standard InChI is InChI=1S/C12H12BrN.CH3NO/c13-8-5-6-12-10(7-8)9-3-1-2-4-11(9)14-12;2-1-3/h5-7,14H,1-4H2;1H,(H2,2,3). The summed E-state index contributed by atoms with van der Waals surface area (Å²) in [6, 6.07) is 6.50. The number of benzene rings is 1. The number of amides is 1. The first kappa shape index (κ1) is 12.2. The normalized spacial score (nSPS) is 13.7. The molecule has 0 saturated heterocycles. The van der Waals surface area contributed by atoms with Crippen LogP contribution in [0.25, 0.3) is 10.9 Å². The molecule has 0 radical (unpaired) electrons. The summed E-state index contributed by atoms with van der Waals surface area (Å²) in [6.07, 6.45) is 5.39. The van der Waals surface area contributed by atoms with Crippen molar-refractivity contribution in [2.45, 2.75) is 25.7 Å². The zero-order valence-electron chi connectivity index (χ0n) is 9.50. The monoisotopic (exact) mass is 294 g/mol. The maximum absolute atomic E-state index is 8.58. The van der Waals surface area contributed by atoms with E-state index >= 15 is 0 Å². The molecule has 0 fully saturated rings. The Morgan fingerprint density at radius 1 is 1.29 bits per heavy atom. The molecular weight excluding hydrogens is 280 g/mol. The van der Waals surface area contributed by atoms with E-state index in [0.717, 1.165) is 0 Å². The van der Waals surface area contributed by atoms with Crippen molar-refractivity contribution in [2.24, 2.45) is 5.73 Å². The van der Waals surface area contributed by atoms with E-state index in [-0.39, 0.29) is 6.41 Å². The van der Waals surface area contributed by atoms with E-state index in [4.69, 9.17) is 4.79 Å². The number of primary amides is 1. The molecule has 3 N–H and O–H groups in total. The number of aromatic amines is 1. The van der Waals surface area contributed by atoms with Crippen LogP contribution in [0.3, 0.4) is 0 Å². The van der Waals surface area contributed by atoms with Gasteiger partial charge in [-0.3, -0.25) is 4.79 Å². The number of aromatic nitrogens is 1. The largest absolute Gasteiger partial charge is 0.372 e. The van der Waals surface area contributed by atoms with Crippen molar-refractivity contribution in [1.29, 1.82) is 0 Å². The number of nitrogens with two attached hydrogens (primary N) is 1. The van der Waals surface area contributed by atoms with Crippen LogP contribution in [0.2, 0.25) is 0 Å². The third kappa shape index (κ3) is 2.52. The number of halogens is 1. The van der Waals surface area contributed by atoms with Crippen LogP contribution in [0.4, 0.5) is 0 Å². The van der Waals surface area contributed by atoms with Crippen LogP contribution in [0, 0.1) is 0 Å². The molecule has 3 nitrogen and oxygen atoms in total. The third-order valence-corrected chi connectivity index (χ3v) is 3.55. The van der Waals surface area contributed by atoms with Gasteiger partial charge in [-0.1, -0.05) is 15.9 Å². The molecule has 4 heteroatoms. The summed E-state index contributed by atoms with van der Waals surface area (Å²) in [5.74, 6) is 0. The van der Waals surface area contributed by atoms with Crippen molar-refractivity contribution >= 4 is 33.2 Å². The van der Waals surface area contributed by atoms with Crippen LogP contribution in [0.1, 0.15) is 24.1 Å². The van der Waals surface area contributed by atoms with Crippen LogP contribution < -0.4 is 5.73 Å². The molecule has 1 aromatic heterocycles. The minimum atomic E-state index is 0.250. The minimum Gasteiger partial charge on any atom is -0.372 e. The van der Waals surface area contributed by atoms with Crippen LogP contribution in [0.15, 0.2) is 22.7 Å². The lowest BCUT2D eigenvalue weighted by Gasteiger charge is -2.10. The molecule has 90 valence electrons. The predicted molar refractivity (Wildman–Crippen MR) is 72.9 cm³/mol. The van der Waals surface area contributed by atoms with Gasteiger partial charge in [0.15, 0.2) is 0 Å². The van der Waals surface area contributed by atoms with Gasteiger partial charge in [0.05, 0.1) is 0 Å². The van der Waals surface area contributed by atoms with Crippen LogP contribution in [-0.4, -0.2) is 11.4 Å². The molecule has 3 rings (SSSR count). The maximum Gasteiger partial charge on any atom is 0.204 e. The highest BCUT2D eigenvalue weighted by atomic mass is 79.9. The Balaban J connectivity index is 0.000000329. The highest BCUT2D eigenvalue weighted by molar-refractivity contribution is 9.10. The summed E-state index contributed by atoms with van der Waals surface area (Å²) < 4.78 is 1.18. The Hall–Kier alpha value is -1.29. The van der Waals surface area contributed by atoms with E-state index in [2.05, 4.69) is 44.8 Å². The van der Waals surface area contributed by atoms with E-state index in [1.54, 1.807) is 5.56 Å². The lowest BCUT2D eigenvalue weighted by Crippen LogP contribution is -1.99. The van der Waals surface area contributed by atoms with Crippen molar-refractivity contribution in [1.82, 2.24) is 4.98 Å². The molecule has 1 aromatic carbocycles. The second-order valence-electron chi connectivity index (χ2n) is 4.12. The second-order valence-corrected chi connectivity index (χ2v) is 5.03. The van der Waals surface area contributed by atoms with Crippen molar-refractivity contribution in [2.75, 3.05) is 0 Å². The summed E-state index contributed by atoms with van der Waals surface area (Å²) in [5.41, 5.74) is 8.47. The quantitative estimate of drug-likeness (QED) is 0.721. The van der Waals surface area contributed by atoms with Gasteiger partial charge in [0.25, 0.3) is 0 Å². The molecule has 1 aliphatic carbocycles. The number of carbonyl (C=O) groups excluding carboxylic acids is 1. The fourth-order valence-corrected chi connectivity index (χ4v) is 2.74. The van der Waals surface area contributed by atoms with Crippen molar-refractivity contribution in [3.8, 4) is 0 Å². The first-order chi connectivity index (χ1) is 8.26. The smallest absolute Gasteiger partial charge is 0.204 e. The topological polar surface area (TPSA) is 58.9 Å². The molecule has 0 aliphatic heterocycles. The van der Waals surface area contributed by atoms with Crippen LogP contribution in [-0.2, 0) is 17.6 Å². The SMILES string of the molecule is Brc1ccc2[nH]c3c(c2c1)CCCC3.NC=O. The Morgan fingerprint density at radius 2 is 2.00 bits per heavy atom. The fourth-order valence-electron chi connectivity index (χ4n) is 2.38. The van der Waals surface area contributed by atoms with Gasteiger partial charge in [-0.05, 0) is 49.4 Å². The molecule has 0 unspecified atom stereocenters. The van der Waals surface area contributed by atoms with Gasteiger partial charge in [0.1, 0.15) is 0 Å². The molecule has 0 bridgehead atoms. The minimum absolute atomic E-state index is 0.250. The number of rotatable bonds is 0. The molecule has 0 atom stereocenters. The van der Waals surface area contributed by atoms with Crippen LogP contribution in [0.5, 0.6) is 0 Å². The maximum atomic E-state index is 8.58. The summed E-state index contributed by atoms with van der Waals surface area (Å²) in [4.78, 5) is 12.1. The number of fused-ring (bicyclic) bond motifs is 3. The van der Waals surface area contributed by atoms with Crippen molar-refractivity contribution < 1.29 is 4.79 Å². The van der Waals surface area contributed by atoms with Gasteiger partial charge in [0.2, 0.25) is 6.41 Å². The molecule has 0 spiro atoms. The molecule has 1 aliphatic rings. The van der Waals surface area contributed by atoms with Gasteiger partial charge < -0.3 is 10.7 Å². The molecular formula is C13H15BrN2O. The van der Waals surface area contributed by atoms with Gasteiger partial charge in [-0.15, -0.1) is 0 Å². The van der Waals surface area contributed by atoms with Gasteiger partial charge in [0, 0.05) is 21.1 Å². The van der Waals surface area contributed by atoms with E-state index in [1.165, 1.54) is 46.8 Å². The van der Waals surface area contributed by atoms with Crippen LogP contribution >= 0.6 is 15.9 Å².